The molecule has 3 aromatic carbocycles. The van der Waals surface area contributed by atoms with Crippen molar-refractivity contribution in [2.24, 2.45) is 0 Å². The second kappa shape index (κ2) is 9.83. The Bertz CT molecular complexity index is 916. The summed E-state index contributed by atoms with van der Waals surface area (Å²) in [4.78, 5) is 0. The van der Waals surface area contributed by atoms with Gasteiger partial charge in [-0.15, -0.1) is 0 Å². The number of rotatable bonds is 8. The molecular formula is C23H23Cl2NO2. The van der Waals surface area contributed by atoms with Crippen LogP contribution in [-0.2, 0) is 13.2 Å². The van der Waals surface area contributed by atoms with E-state index in [4.69, 9.17) is 32.7 Å². The van der Waals surface area contributed by atoms with Gasteiger partial charge in [-0.25, -0.2) is 0 Å². The van der Waals surface area contributed by atoms with Crippen LogP contribution in [0.2, 0.25) is 10.0 Å². The molecule has 0 radical (unpaired) electrons. The summed E-state index contributed by atoms with van der Waals surface area (Å²) in [6.07, 6.45) is 0. The quantitative estimate of drug-likeness (QED) is 0.459. The molecule has 0 saturated heterocycles. The largest absolute Gasteiger partial charge is 0.493 e. The van der Waals surface area contributed by atoms with Gasteiger partial charge in [-0.2, -0.15) is 0 Å². The predicted octanol–water partition coefficient (Wildman–Crippen LogP) is 6.43. The van der Waals surface area contributed by atoms with Crippen molar-refractivity contribution in [2.75, 3.05) is 7.11 Å². The molecule has 0 heterocycles. The summed E-state index contributed by atoms with van der Waals surface area (Å²) in [5, 5.41) is 4.70. The number of hydrogen-bond donors (Lipinski definition) is 1. The molecule has 1 atom stereocenters. The van der Waals surface area contributed by atoms with Crippen molar-refractivity contribution in [3.63, 3.8) is 0 Å². The van der Waals surface area contributed by atoms with Gasteiger partial charge in [-0.05, 0) is 47.9 Å². The van der Waals surface area contributed by atoms with Crippen molar-refractivity contribution in [1.82, 2.24) is 5.32 Å². The van der Waals surface area contributed by atoms with Gasteiger partial charge in [0, 0.05) is 17.6 Å². The van der Waals surface area contributed by atoms with Gasteiger partial charge in [-0.3, -0.25) is 0 Å². The van der Waals surface area contributed by atoms with Crippen molar-refractivity contribution in [1.29, 1.82) is 0 Å². The zero-order valence-electron chi connectivity index (χ0n) is 15.9. The summed E-state index contributed by atoms with van der Waals surface area (Å²) < 4.78 is 11.4. The molecule has 3 nitrogen and oxygen atoms in total. The first kappa shape index (κ1) is 20.5. The Kier molecular flexibility index (Phi) is 7.21. The maximum Gasteiger partial charge on any atom is 0.180 e. The summed E-state index contributed by atoms with van der Waals surface area (Å²) in [6, 6.07) is 21.9. The lowest BCUT2D eigenvalue weighted by Gasteiger charge is -2.17. The van der Waals surface area contributed by atoms with Crippen LogP contribution in [0.1, 0.15) is 29.7 Å². The monoisotopic (exact) mass is 415 g/mol. The minimum atomic E-state index is 0.227. The minimum absolute atomic E-state index is 0.227. The molecule has 0 aliphatic heterocycles. The first-order valence-electron chi connectivity index (χ1n) is 9.09. The van der Waals surface area contributed by atoms with Crippen LogP contribution < -0.4 is 14.8 Å². The Morgan fingerprint density at radius 2 is 1.71 bits per heavy atom. The Hall–Kier alpha value is -2.20. The molecule has 0 fully saturated rings. The lowest BCUT2D eigenvalue weighted by molar-refractivity contribution is 0.284. The van der Waals surface area contributed by atoms with E-state index in [-0.39, 0.29) is 6.04 Å². The lowest BCUT2D eigenvalue weighted by Crippen LogP contribution is -2.18. The van der Waals surface area contributed by atoms with Crippen LogP contribution in [0.25, 0.3) is 0 Å². The number of nitrogens with one attached hydrogen (secondary N) is 1. The van der Waals surface area contributed by atoms with Crippen molar-refractivity contribution in [2.45, 2.75) is 26.1 Å². The minimum Gasteiger partial charge on any atom is -0.493 e. The molecular weight excluding hydrogens is 393 g/mol. The van der Waals surface area contributed by atoms with Gasteiger partial charge in [0.05, 0.1) is 12.1 Å². The molecule has 0 amide bonds. The van der Waals surface area contributed by atoms with Crippen molar-refractivity contribution >= 4 is 23.2 Å². The number of methoxy groups -OCH3 is 1. The first-order valence-corrected chi connectivity index (χ1v) is 9.84. The third kappa shape index (κ3) is 5.41. The molecule has 0 aromatic heterocycles. The molecule has 146 valence electrons. The molecule has 0 spiro atoms. The third-order valence-electron chi connectivity index (χ3n) is 4.47. The highest BCUT2D eigenvalue weighted by Crippen LogP contribution is 2.37. The van der Waals surface area contributed by atoms with E-state index < -0.39 is 0 Å². The molecule has 3 aromatic rings. The molecule has 0 bridgehead atoms. The second-order valence-corrected chi connectivity index (χ2v) is 7.38. The zero-order valence-corrected chi connectivity index (χ0v) is 17.4. The van der Waals surface area contributed by atoms with E-state index >= 15 is 0 Å². The summed E-state index contributed by atoms with van der Waals surface area (Å²) in [5.74, 6) is 1.14. The fraction of sp³-hybridized carbons (Fsp3) is 0.217. The van der Waals surface area contributed by atoms with Gasteiger partial charge in [0.1, 0.15) is 6.61 Å². The van der Waals surface area contributed by atoms with E-state index in [0.29, 0.717) is 34.7 Å². The summed E-state index contributed by atoms with van der Waals surface area (Å²) in [5.41, 5.74) is 3.23. The van der Waals surface area contributed by atoms with Gasteiger partial charge < -0.3 is 14.8 Å². The van der Waals surface area contributed by atoms with E-state index in [1.807, 2.05) is 54.6 Å². The Balaban J connectivity index is 1.68. The Morgan fingerprint density at radius 3 is 2.43 bits per heavy atom. The van der Waals surface area contributed by atoms with Gasteiger partial charge in [0.25, 0.3) is 0 Å². The van der Waals surface area contributed by atoms with E-state index in [1.165, 1.54) is 5.56 Å². The van der Waals surface area contributed by atoms with Gasteiger partial charge in [0.15, 0.2) is 11.5 Å². The van der Waals surface area contributed by atoms with Crippen LogP contribution >= 0.6 is 23.2 Å². The average molecular weight is 416 g/mol. The highest BCUT2D eigenvalue weighted by molar-refractivity contribution is 6.32. The number of ether oxygens (including phenoxy) is 2. The molecule has 0 aliphatic carbocycles. The molecule has 1 unspecified atom stereocenters. The maximum atomic E-state index is 6.48. The molecule has 5 heteroatoms. The van der Waals surface area contributed by atoms with E-state index in [2.05, 4.69) is 24.4 Å². The van der Waals surface area contributed by atoms with E-state index in [0.717, 1.165) is 11.1 Å². The fourth-order valence-electron chi connectivity index (χ4n) is 2.93. The summed E-state index contributed by atoms with van der Waals surface area (Å²) in [7, 11) is 1.61. The van der Waals surface area contributed by atoms with Crippen molar-refractivity contribution in [3.8, 4) is 11.5 Å². The smallest absolute Gasteiger partial charge is 0.180 e. The SMILES string of the molecule is COc1cc(CNC(C)c2ccccc2)cc(Cl)c1OCc1cccc(Cl)c1. The Morgan fingerprint density at radius 1 is 0.929 bits per heavy atom. The Labute approximate surface area is 176 Å². The number of halogens is 2. The highest BCUT2D eigenvalue weighted by Gasteiger charge is 2.13. The van der Waals surface area contributed by atoms with Gasteiger partial charge in [-0.1, -0.05) is 65.7 Å². The van der Waals surface area contributed by atoms with Crippen LogP contribution in [0.4, 0.5) is 0 Å². The number of hydrogen-bond acceptors (Lipinski definition) is 3. The maximum absolute atomic E-state index is 6.48. The molecule has 0 saturated carbocycles. The van der Waals surface area contributed by atoms with Crippen LogP contribution in [0, 0.1) is 0 Å². The van der Waals surface area contributed by atoms with Crippen molar-refractivity contribution < 1.29 is 9.47 Å². The van der Waals surface area contributed by atoms with Crippen molar-refractivity contribution in [3.05, 3.63) is 93.5 Å². The van der Waals surface area contributed by atoms with Crippen LogP contribution in [0.15, 0.2) is 66.7 Å². The molecule has 28 heavy (non-hydrogen) atoms. The van der Waals surface area contributed by atoms with E-state index in [9.17, 15) is 0 Å². The van der Waals surface area contributed by atoms with Crippen LogP contribution in [0.5, 0.6) is 11.5 Å². The average Bonchev–Trinajstić information content (AvgIpc) is 2.71. The fourth-order valence-corrected chi connectivity index (χ4v) is 3.43. The standard InChI is InChI=1S/C23H23Cl2NO2/c1-16(19-8-4-3-5-9-19)26-14-18-12-21(25)23(22(13-18)27-2)28-15-17-7-6-10-20(24)11-17/h3-13,16,26H,14-15H2,1-2H3. The van der Waals surface area contributed by atoms with Crippen LogP contribution in [0.3, 0.4) is 0 Å². The second-order valence-electron chi connectivity index (χ2n) is 6.54. The zero-order chi connectivity index (χ0) is 19.9. The van der Waals surface area contributed by atoms with E-state index in [1.54, 1.807) is 7.11 Å². The number of benzene rings is 3. The van der Waals surface area contributed by atoms with Crippen LogP contribution in [-0.4, -0.2) is 7.11 Å². The first-order chi connectivity index (χ1) is 13.6. The van der Waals surface area contributed by atoms with Gasteiger partial charge in [0.2, 0.25) is 0 Å². The van der Waals surface area contributed by atoms with Gasteiger partial charge >= 0.3 is 0 Å². The normalized spacial score (nSPS) is 11.9. The molecule has 3 rings (SSSR count). The third-order valence-corrected chi connectivity index (χ3v) is 4.99. The summed E-state index contributed by atoms with van der Waals surface area (Å²) >= 11 is 12.5. The topological polar surface area (TPSA) is 30.5 Å². The molecule has 0 aliphatic rings. The molecule has 1 N–H and O–H groups in total. The lowest BCUT2D eigenvalue weighted by atomic mass is 10.1. The predicted molar refractivity (Wildman–Crippen MR) is 115 cm³/mol. The highest BCUT2D eigenvalue weighted by atomic mass is 35.5. The summed E-state index contributed by atoms with van der Waals surface area (Å²) in [6.45, 7) is 3.16.